The molecule has 2 saturated heterocycles. The lowest BCUT2D eigenvalue weighted by Crippen LogP contribution is -2.55. The fraction of sp³-hybridized carbons (Fsp3) is 0.738. The van der Waals surface area contributed by atoms with Gasteiger partial charge in [-0.25, -0.2) is 9.98 Å². The summed E-state index contributed by atoms with van der Waals surface area (Å²) in [6, 6.07) is 8.81. The molecular weight excluding hydrogens is 711 g/mol. The summed E-state index contributed by atoms with van der Waals surface area (Å²) in [6.45, 7) is 14.4. The van der Waals surface area contributed by atoms with Crippen molar-refractivity contribution in [3.63, 3.8) is 0 Å². The molecule has 14 nitrogen and oxygen atoms in total. The highest BCUT2D eigenvalue weighted by Crippen LogP contribution is 2.31. The Morgan fingerprint density at radius 3 is 2.25 bits per heavy atom. The maximum atomic E-state index is 14.5. The lowest BCUT2D eigenvalue weighted by Gasteiger charge is -2.40. The standard InChI is InChI=1S/C42H69N9O5/c1-11-29(4)38(49(8)41(54)37(28(2)3)46-42(48(6)7)50-22-19-43-20-23-50)35(55-9)26-36(53)51-21-15-18-33(51)39(56-10)30(5)34(52)25-32(40-44-27-45-47-40)24-31-16-13-12-14-17-31/h12-14,16-17,28-30,32-33,35,37-39,43H,11,15,18-27H2,1-10H3/t29-,30-,32+,33-,35+,37-,38-,39+/m0/s1. The summed E-state index contributed by atoms with van der Waals surface area (Å²) in [7, 11) is 9.02. The summed E-state index contributed by atoms with van der Waals surface area (Å²) < 4.78 is 12.2. The van der Waals surface area contributed by atoms with E-state index in [1.54, 1.807) is 19.1 Å². The van der Waals surface area contributed by atoms with E-state index in [0.29, 0.717) is 18.8 Å². The van der Waals surface area contributed by atoms with E-state index >= 15 is 0 Å². The lowest BCUT2D eigenvalue weighted by molar-refractivity contribution is -0.146. The van der Waals surface area contributed by atoms with Gasteiger partial charge in [0.2, 0.25) is 11.8 Å². The second-order valence-corrected chi connectivity index (χ2v) is 16.3. The molecule has 14 heteroatoms. The largest absolute Gasteiger partial charge is 0.379 e. The number of aliphatic imine (C=N–C) groups is 2. The molecule has 1 aromatic carbocycles. The topological polar surface area (TPSA) is 144 Å². The molecule has 0 saturated carbocycles. The number of ether oxygens (including phenoxy) is 2. The zero-order valence-corrected chi connectivity index (χ0v) is 35.7. The van der Waals surface area contributed by atoms with E-state index in [1.165, 1.54) is 0 Å². The van der Waals surface area contributed by atoms with Crippen molar-refractivity contribution in [2.45, 2.75) is 103 Å². The minimum Gasteiger partial charge on any atom is -0.379 e. The third-order valence-corrected chi connectivity index (χ3v) is 11.9. The molecule has 2 fully saturated rings. The van der Waals surface area contributed by atoms with Crippen LogP contribution < -0.4 is 5.32 Å². The Balaban J connectivity index is 1.50. The number of Topliss-reactive ketones (excluding diaryl/α,β-unsaturated/α-hetero) is 1. The van der Waals surface area contributed by atoms with Gasteiger partial charge in [0.25, 0.3) is 0 Å². The number of carbonyl (C=O) groups is 3. The molecule has 0 spiro atoms. The summed E-state index contributed by atoms with van der Waals surface area (Å²) in [4.78, 5) is 60.3. The summed E-state index contributed by atoms with van der Waals surface area (Å²) in [5.74, 6) is 0.637. The molecule has 4 rings (SSSR count). The molecule has 3 aliphatic rings. The number of amides is 2. The molecule has 8 atom stereocenters. The highest BCUT2D eigenvalue weighted by Gasteiger charge is 2.43. The van der Waals surface area contributed by atoms with E-state index in [2.05, 4.69) is 39.3 Å². The number of piperazine rings is 1. The van der Waals surface area contributed by atoms with Crippen LogP contribution in [0.15, 0.2) is 50.5 Å². The van der Waals surface area contributed by atoms with E-state index < -0.39 is 24.2 Å². The minimum absolute atomic E-state index is 0.0466. The Morgan fingerprint density at radius 1 is 0.982 bits per heavy atom. The number of hydrogen-bond donors (Lipinski definition) is 1. The van der Waals surface area contributed by atoms with Gasteiger partial charge in [0.15, 0.2) is 18.5 Å². The molecule has 0 radical (unpaired) electrons. The average molecular weight is 780 g/mol. The summed E-state index contributed by atoms with van der Waals surface area (Å²) >= 11 is 0. The third kappa shape index (κ3) is 11.4. The van der Waals surface area contributed by atoms with Crippen LogP contribution in [0, 0.1) is 23.7 Å². The van der Waals surface area contributed by atoms with Crippen LogP contribution in [-0.4, -0.2) is 154 Å². The maximum absolute atomic E-state index is 14.5. The van der Waals surface area contributed by atoms with Crippen molar-refractivity contribution in [3.05, 3.63) is 35.9 Å². The first-order valence-electron chi connectivity index (χ1n) is 20.6. The van der Waals surface area contributed by atoms with E-state index in [1.807, 2.05) is 82.0 Å². The number of hydrogen-bond acceptors (Lipinski definition) is 10. The number of likely N-dealkylation sites (tertiary alicyclic amines) is 1. The number of azo groups is 1. The zero-order valence-electron chi connectivity index (χ0n) is 35.7. The fourth-order valence-electron chi connectivity index (χ4n) is 8.54. The van der Waals surface area contributed by atoms with Gasteiger partial charge in [-0.1, -0.05) is 71.4 Å². The first kappa shape index (κ1) is 45.0. The Kier molecular flexibility index (Phi) is 17.4. The van der Waals surface area contributed by atoms with Crippen LogP contribution in [0.3, 0.4) is 0 Å². The second-order valence-electron chi connectivity index (χ2n) is 16.3. The number of methoxy groups -OCH3 is 2. The Bertz CT molecular complexity index is 1510. The minimum atomic E-state index is -0.604. The fourth-order valence-corrected chi connectivity index (χ4v) is 8.54. The van der Waals surface area contributed by atoms with Gasteiger partial charge in [-0.05, 0) is 36.7 Å². The predicted octanol–water partition coefficient (Wildman–Crippen LogP) is 4.39. The van der Waals surface area contributed by atoms with Crippen molar-refractivity contribution in [1.29, 1.82) is 0 Å². The van der Waals surface area contributed by atoms with Crippen LogP contribution in [0.4, 0.5) is 0 Å². The van der Waals surface area contributed by atoms with Gasteiger partial charge in [0.05, 0.1) is 30.7 Å². The Hall–Kier alpha value is -3.75. The van der Waals surface area contributed by atoms with Crippen molar-refractivity contribution in [3.8, 4) is 0 Å². The van der Waals surface area contributed by atoms with Gasteiger partial charge >= 0.3 is 0 Å². The third-order valence-electron chi connectivity index (χ3n) is 11.9. The number of nitrogens with zero attached hydrogens (tertiary/aromatic N) is 8. The van der Waals surface area contributed by atoms with Crippen molar-refractivity contribution in [2.24, 2.45) is 43.9 Å². The van der Waals surface area contributed by atoms with Crippen LogP contribution in [0.25, 0.3) is 0 Å². The first-order chi connectivity index (χ1) is 26.8. The Labute approximate surface area is 335 Å². The van der Waals surface area contributed by atoms with Crippen LogP contribution in [0.1, 0.15) is 72.3 Å². The molecule has 3 heterocycles. The van der Waals surface area contributed by atoms with Crippen molar-refractivity contribution in [2.75, 3.05) is 74.8 Å². The van der Waals surface area contributed by atoms with Crippen LogP contribution in [0.5, 0.6) is 0 Å². The number of carbonyl (C=O) groups excluding carboxylic acids is 3. The number of likely N-dealkylation sites (N-methyl/N-ethyl adjacent to an activating group) is 1. The van der Waals surface area contributed by atoms with Crippen LogP contribution in [-0.2, 0) is 30.3 Å². The monoisotopic (exact) mass is 780 g/mol. The number of ketones is 1. The molecule has 0 bridgehead atoms. The number of guanidine groups is 1. The van der Waals surface area contributed by atoms with E-state index in [-0.39, 0.29) is 66.9 Å². The van der Waals surface area contributed by atoms with Gasteiger partial charge in [0, 0.05) is 86.3 Å². The molecule has 56 heavy (non-hydrogen) atoms. The molecule has 0 aliphatic carbocycles. The maximum Gasteiger partial charge on any atom is 0.247 e. The quantitative estimate of drug-likeness (QED) is 0.161. The van der Waals surface area contributed by atoms with E-state index in [4.69, 9.17) is 14.5 Å². The summed E-state index contributed by atoms with van der Waals surface area (Å²) in [5, 5.41) is 11.7. The summed E-state index contributed by atoms with van der Waals surface area (Å²) in [5.41, 5.74) is 1.11. The molecule has 0 aromatic heterocycles. The van der Waals surface area contributed by atoms with E-state index in [0.717, 1.165) is 57.0 Å². The normalized spacial score (nSPS) is 21.3. The number of amidine groups is 1. The van der Waals surface area contributed by atoms with Gasteiger partial charge in [-0.2, -0.15) is 5.11 Å². The first-order valence-corrected chi connectivity index (χ1v) is 20.6. The lowest BCUT2D eigenvalue weighted by atomic mass is 9.85. The molecule has 2 amide bonds. The predicted molar refractivity (Wildman–Crippen MR) is 221 cm³/mol. The van der Waals surface area contributed by atoms with Crippen molar-refractivity contribution in [1.82, 2.24) is 24.9 Å². The molecule has 3 aliphatic heterocycles. The van der Waals surface area contributed by atoms with Gasteiger partial charge in [0.1, 0.15) is 11.8 Å². The molecule has 1 N–H and O–H groups in total. The average Bonchev–Trinajstić information content (AvgIpc) is 3.92. The van der Waals surface area contributed by atoms with E-state index in [9.17, 15) is 14.4 Å². The van der Waals surface area contributed by atoms with Crippen LogP contribution in [0.2, 0.25) is 0 Å². The summed E-state index contributed by atoms with van der Waals surface area (Å²) in [6.07, 6.45) is 2.29. The Morgan fingerprint density at radius 2 is 1.68 bits per heavy atom. The smallest absolute Gasteiger partial charge is 0.247 e. The number of rotatable bonds is 19. The zero-order chi connectivity index (χ0) is 40.9. The SMILES string of the molecule is CC[C@H](C)[C@@H]([C@@H](CC(=O)N1CCC[C@H]1[C@H](OC)[C@@H](C)C(=O)C[C@@H](Cc1ccccc1)C1=NCN=N1)OC)N(C)C(=O)[C@@H](N=C(N(C)C)N1CCNCC1)C(C)C. The van der Waals surface area contributed by atoms with Crippen LogP contribution >= 0.6 is 0 Å². The molecule has 312 valence electrons. The van der Waals surface area contributed by atoms with Gasteiger partial charge < -0.3 is 34.4 Å². The highest BCUT2D eigenvalue weighted by molar-refractivity contribution is 5.92. The van der Waals surface area contributed by atoms with Gasteiger partial charge in [-0.15, -0.1) is 5.11 Å². The van der Waals surface area contributed by atoms with Crippen molar-refractivity contribution >= 4 is 29.4 Å². The number of nitrogens with one attached hydrogen (secondary N) is 1. The second kappa shape index (κ2) is 21.7. The number of benzene rings is 1. The highest BCUT2D eigenvalue weighted by atomic mass is 16.5. The van der Waals surface area contributed by atoms with Gasteiger partial charge in [-0.3, -0.25) is 14.4 Å². The van der Waals surface area contributed by atoms with Crippen molar-refractivity contribution < 1.29 is 23.9 Å². The molecule has 0 unspecified atom stereocenters. The molecule has 1 aromatic rings. The molecular formula is C42H69N9O5.